The van der Waals surface area contributed by atoms with Crippen LogP contribution in [0.5, 0.6) is 5.75 Å². The second-order valence-electron chi connectivity index (χ2n) is 7.64. The van der Waals surface area contributed by atoms with E-state index in [4.69, 9.17) is 21.1 Å². The van der Waals surface area contributed by atoms with Gasteiger partial charge in [0.1, 0.15) is 17.9 Å². The summed E-state index contributed by atoms with van der Waals surface area (Å²) in [6, 6.07) is 7.62. The molecular weight excluding hydrogens is 380 g/mol. The van der Waals surface area contributed by atoms with Crippen LogP contribution in [0.3, 0.4) is 0 Å². The zero-order valence-corrected chi connectivity index (χ0v) is 17.0. The zero-order chi connectivity index (χ0) is 20.3. The Morgan fingerprint density at radius 2 is 2.07 bits per heavy atom. The van der Waals surface area contributed by atoms with Gasteiger partial charge >= 0.3 is 5.97 Å². The van der Waals surface area contributed by atoms with E-state index in [1.165, 1.54) is 4.90 Å². The summed E-state index contributed by atoms with van der Waals surface area (Å²) < 4.78 is 11.1. The van der Waals surface area contributed by atoms with E-state index in [1.54, 1.807) is 32.2 Å². The fraction of sp³-hybridized carbons (Fsp3) is 0.571. The maximum atomic E-state index is 12.8. The predicted octanol–water partition coefficient (Wildman–Crippen LogP) is 3.51. The van der Waals surface area contributed by atoms with Gasteiger partial charge in [0.05, 0.1) is 12.0 Å². The van der Waals surface area contributed by atoms with Gasteiger partial charge in [-0.25, -0.2) is 0 Å². The quantitative estimate of drug-likeness (QED) is 0.717. The molecule has 1 aliphatic heterocycles. The van der Waals surface area contributed by atoms with Crippen molar-refractivity contribution in [3.05, 3.63) is 28.8 Å². The molecule has 1 heterocycles. The first-order chi connectivity index (χ1) is 13.4. The molecular formula is C21H25ClN2O4. The fourth-order valence-corrected chi connectivity index (χ4v) is 4.17. The fourth-order valence-electron chi connectivity index (χ4n) is 3.98. The van der Waals surface area contributed by atoms with Crippen molar-refractivity contribution in [3.63, 3.8) is 0 Å². The number of amides is 1. The maximum Gasteiger partial charge on any atom is 0.313 e. The van der Waals surface area contributed by atoms with Crippen molar-refractivity contribution >= 4 is 23.5 Å². The molecule has 0 radical (unpaired) electrons. The maximum absolute atomic E-state index is 12.8. The average molecular weight is 405 g/mol. The van der Waals surface area contributed by atoms with Gasteiger partial charge in [-0.05, 0) is 49.9 Å². The van der Waals surface area contributed by atoms with Crippen LogP contribution < -0.4 is 4.74 Å². The molecule has 2 aliphatic rings. The molecule has 1 aromatic carbocycles. The zero-order valence-electron chi connectivity index (χ0n) is 16.2. The average Bonchev–Trinajstić information content (AvgIpc) is 2.72. The molecule has 1 fully saturated rings. The number of benzene rings is 1. The first kappa shape index (κ1) is 20.5. The van der Waals surface area contributed by atoms with Crippen molar-refractivity contribution in [3.8, 4) is 11.8 Å². The van der Waals surface area contributed by atoms with Gasteiger partial charge < -0.3 is 14.4 Å². The summed E-state index contributed by atoms with van der Waals surface area (Å²) in [6.45, 7) is 1.76. The largest absolute Gasteiger partial charge is 0.492 e. The summed E-state index contributed by atoms with van der Waals surface area (Å²) in [5, 5.41) is 10.2. The molecule has 0 saturated heterocycles. The second-order valence-corrected chi connectivity index (χ2v) is 8.08. The number of esters is 1. The molecule has 150 valence electrons. The van der Waals surface area contributed by atoms with Crippen molar-refractivity contribution in [2.24, 2.45) is 5.92 Å². The molecule has 1 saturated carbocycles. The van der Waals surface area contributed by atoms with Crippen LogP contribution in [0, 0.1) is 17.2 Å². The van der Waals surface area contributed by atoms with E-state index in [1.807, 2.05) is 0 Å². The van der Waals surface area contributed by atoms with E-state index in [0.717, 1.165) is 24.8 Å². The normalized spacial score (nSPS) is 21.4. The molecule has 1 amide bonds. The highest BCUT2D eigenvalue weighted by atomic mass is 35.5. The number of nitrogens with zero attached hydrogens (tertiary/aromatic N) is 2. The molecule has 0 N–H and O–H groups in total. The molecule has 0 spiro atoms. The smallest absolute Gasteiger partial charge is 0.313 e. The third-order valence-electron chi connectivity index (χ3n) is 5.76. The van der Waals surface area contributed by atoms with Crippen molar-refractivity contribution in [2.45, 2.75) is 57.1 Å². The van der Waals surface area contributed by atoms with E-state index in [0.29, 0.717) is 30.0 Å². The third kappa shape index (κ3) is 4.10. The number of likely N-dealkylation sites (N-methyl/N-ethyl adjacent to an activating group) is 1. The Kier molecular flexibility index (Phi) is 6.14. The molecule has 6 nitrogen and oxygen atoms in total. The lowest BCUT2D eigenvalue weighted by molar-refractivity contribution is -0.165. The van der Waals surface area contributed by atoms with Gasteiger partial charge in [0, 0.05) is 12.1 Å². The van der Waals surface area contributed by atoms with Crippen molar-refractivity contribution in [2.75, 3.05) is 13.7 Å². The van der Waals surface area contributed by atoms with Crippen LogP contribution in [0.1, 0.15) is 44.6 Å². The third-order valence-corrected chi connectivity index (χ3v) is 6.00. The minimum atomic E-state index is -0.953. The number of hydrogen-bond acceptors (Lipinski definition) is 5. The van der Waals surface area contributed by atoms with Crippen molar-refractivity contribution in [1.82, 2.24) is 4.90 Å². The molecule has 0 aromatic heterocycles. The molecule has 2 atom stereocenters. The van der Waals surface area contributed by atoms with Crippen LogP contribution in [-0.4, -0.2) is 42.1 Å². The molecule has 3 rings (SSSR count). The highest BCUT2D eigenvalue weighted by molar-refractivity contribution is 6.30. The summed E-state index contributed by atoms with van der Waals surface area (Å²) in [6.07, 6.45) is 3.71. The molecule has 1 aliphatic carbocycles. The summed E-state index contributed by atoms with van der Waals surface area (Å²) in [7, 11) is 1.63. The van der Waals surface area contributed by atoms with Gasteiger partial charge in [0.25, 0.3) is 5.91 Å². The number of halogens is 1. The van der Waals surface area contributed by atoms with Crippen LogP contribution in [0.15, 0.2) is 18.2 Å². The van der Waals surface area contributed by atoms with Gasteiger partial charge in [0.2, 0.25) is 0 Å². The molecule has 28 heavy (non-hydrogen) atoms. The number of hydrogen-bond donors (Lipinski definition) is 0. The summed E-state index contributed by atoms with van der Waals surface area (Å²) >= 11 is 6.02. The monoisotopic (exact) mass is 404 g/mol. The lowest BCUT2D eigenvalue weighted by Crippen LogP contribution is -2.53. The molecule has 0 unspecified atom stereocenters. The molecule has 7 heteroatoms. The van der Waals surface area contributed by atoms with Crippen molar-refractivity contribution < 1.29 is 19.1 Å². The van der Waals surface area contributed by atoms with E-state index in [2.05, 4.69) is 6.07 Å². The lowest BCUT2D eigenvalue weighted by Gasteiger charge is -2.40. The van der Waals surface area contributed by atoms with Crippen LogP contribution >= 0.6 is 11.6 Å². The Bertz CT molecular complexity index is 798. The SMILES string of the molecule is C[C@@H](OC(=O)[C@H]1COc2ccc(Cl)cc2C1)C(=O)N(C)C1(C#N)CCCCC1. The van der Waals surface area contributed by atoms with Gasteiger partial charge in [-0.3, -0.25) is 9.59 Å². The van der Waals surface area contributed by atoms with Crippen LogP contribution in [-0.2, 0) is 20.7 Å². The first-order valence-electron chi connectivity index (χ1n) is 9.67. The molecule has 0 bridgehead atoms. The van der Waals surface area contributed by atoms with Gasteiger partial charge in [-0.1, -0.05) is 30.9 Å². The van der Waals surface area contributed by atoms with Gasteiger partial charge in [-0.15, -0.1) is 0 Å². The Balaban J connectivity index is 1.62. The number of nitriles is 1. The standard InChI is InChI=1S/C21H25ClN2O4/c1-14(19(25)24(2)21(13-23)8-4-3-5-9-21)28-20(26)16-10-15-11-17(22)6-7-18(15)27-12-16/h6-7,11,14,16H,3-5,8-10,12H2,1-2H3/t14-,16-/m1/s1. The van der Waals surface area contributed by atoms with E-state index < -0.39 is 23.5 Å². The predicted molar refractivity (Wildman–Crippen MR) is 104 cm³/mol. The highest BCUT2D eigenvalue weighted by Gasteiger charge is 2.41. The Morgan fingerprint density at radius 3 is 2.75 bits per heavy atom. The topological polar surface area (TPSA) is 79.6 Å². The van der Waals surface area contributed by atoms with Crippen LogP contribution in [0.25, 0.3) is 0 Å². The van der Waals surface area contributed by atoms with Gasteiger partial charge in [0.15, 0.2) is 6.10 Å². The number of carbonyl (C=O) groups is 2. The summed E-state index contributed by atoms with van der Waals surface area (Å²) in [5.41, 5.74) is 0.0436. The van der Waals surface area contributed by atoms with Crippen LogP contribution in [0.2, 0.25) is 5.02 Å². The Labute approximate surface area is 170 Å². The summed E-state index contributed by atoms with van der Waals surface area (Å²) in [4.78, 5) is 26.9. The molecule has 1 aromatic rings. The number of fused-ring (bicyclic) bond motifs is 1. The van der Waals surface area contributed by atoms with Crippen molar-refractivity contribution in [1.29, 1.82) is 5.26 Å². The number of ether oxygens (including phenoxy) is 2. The Morgan fingerprint density at radius 1 is 1.36 bits per heavy atom. The van der Waals surface area contributed by atoms with E-state index in [9.17, 15) is 14.9 Å². The van der Waals surface area contributed by atoms with E-state index >= 15 is 0 Å². The van der Waals surface area contributed by atoms with Crippen LogP contribution in [0.4, 0.5) is 0 Å². The van der Waals surface area contributed by atoms with E-state index in [-0.39, 0.29) is 12.5 Å². The first-order valence-corrected chi connectivity index (χ1v) is 10.0. The van der Waals surface area contributed by atoms with Gasteiger partial charge in [-0.2, -0.15) is 5.26 Å². The number of rotatable bonds is 4. The second kappa shape index (κ2) is 8.40. The minimum Gasteiger partial charge on any atom is -0.492 e. The number of carbonyl (C=O) groups excluding carboxylic acids is 2. The summed E-state index contributed by atoms with van der Waals surface area (Å²) in [5.74, 6) is -0.608. The highest BCUT2D eigenvalue weighted by Crippen LogP contribution is 2.33. The lowest BCUT2D eigenvalue weighted by atomic mass is 9.81. The minimum absolute atomic E-state index is 0.201. The Hall–Kier alpha value is -2.26.